The van der Waals surface area contributed by atoms with Gasteiger partial charge >= 0.3 is 0 Å². The van der Waals surface area contributed by atoms with Crippen molar-refractivity contribution in [1.82, 2.24) is 10.0 Å². The number of hydrogen-bond acceptors (Lipinski definition) is 3. The highest BCUT2D eigenvalue weighted by atomic mass is 32.2. The topological polar surface area (TPSA) is 58.2 Å². The SMILES string of the molecule is CNCc1cccc(S(=O)(=O)NCc2ccc(F)cc2)c1. The Kier molecular flexibility index (Phi) is 5.06. The van der Waals surface area contributed by atoms with Crippen molar-refractivity contribution in [3.63, 3.8) is 0 Å². The molecular formula is C15H17FN2O2S. The predicted molar refractivity (Wildman–Crippen MR) is 79.6 cm³/mol. The number of halogens is 1. The van der Waals surface area contributed by atoms with Crippen LogP contribution in [-0.2, 0) is 23.1 Å². The lowest BCUT2D eigenvalue weighted by Gasteiger charge is -2.08. The van der Waals surface area contributed by atoms with Gasteiger partial charge in [0.15, 0.2) is 0 Å². The summed E-state index contributed by atoms with van der Waals surface area (Å²) in [6, 6.07) is 12.4. The molecule has 0 saturated carbocycles. The molecule has 0 radical (unpaired) electrons. The van der Waals surface area contributed by atoms with Gasteiger partial charge in [0.05, 0.1) is 4.90 Å². The molecule has 0 amide bonds. The maximum Gasteiger partial charge on any atom is 0.240 e. The van der Waals surface area contributed by atoms with Crippen molar-refractivity contribution in [3.8, 4) is 0 Å². The third kappa shape index (κ3) is 4.35. The van der Waals surface area contributed by atoms with Crippen LogP contribution in [0.2, 0.25) is 0 Å². The normalized spacial score (nSPS) is 11.5. The van der Waals surface area contributed by atoms with Gasteiger partial charge in [0, 0.05) is 13.1 Å². The molecule has 0 fully saturated rings. The molecule has 0 unspecified atom stereocenters. The fraction of sp³-hybridized carbons (Fsp3) is 0.200. The molecule has 4 nitrogen and oxygen atoms in total. The van der Waals surface area contributed by atoms with Crippen LogP contribution in [0, 0.1) is 5.82 Å². The number of nitrogens with one attached hydrogen (secondary N) is 2. The fourth-order valence-electron chi connectivity index (χ4n) is 1.89. The summed E-state index contributed by atoms with van der Waals surface area (Å²) in [4.78, 5) is 0.220. The van der Waals surface area contributed by atoms with Crippen LogP contribution in [0.1, 0.15) is 11.1 Å². The second-order valence-electron chi connectivity index (χ2n) is 4.63. The van der Waals surface area contributed by atoms with Crippen molar-refractivity contribution < 1.29 is 12.8 Å². The Labute approximate surface area is 124 Å². The highest BCUT2D eigenvalue weighted by Gasteiger charge is 2.13. The number of rotatable bonds is 6. The predicted octanol–water partition coefficient (Wildman–Crippen LogP) is 2.02. The summed E-state index contributed by atoms with van der Waals surface area (Å²) >= 11 is 0. The van der Waals surface area contributed by atoms with Gasteiger partial charge < -0.3 is 5.32 Å². The standard InChI is InChI=1S/C15H17FN2O2S/c1-17-10-13-3-2-4-15(9-13)21(19,20)18-11-12-5-7-14(16)8-6-12/h2-9,17-18H,10-11H2,1H3. The molecule has 0 saturated heterocycles. The Bertz CT molecular complexity index is 700. The van der Waals surface area contributed by atoms with Gasteiger partial charge in [0.25, 0.3) is 0 Å². The Hall–Kier alpha value is -1.76. The molecule has 0 spiro atoms. The third-order valence-electron chi connectivity index (χ3n) is 2.97. The summed E-state index contributed by atoms with van der Waals surface area (Å²) in [5, 5.41) is 2.98. The van der Waals surface area contributed by atoms with Gasteiger partial charge in [-0.2, -0.15) is 0 Å². The summed E-state index contributed by atoms with van der Waals surface area (Å²) in [5.41, 5.74) is 1.59. The number of sulfonamides is 1. The van der Waals surface area contributed by atoms with E-state index in [1.54, 1.807) is 37.4 Å². The van der Waals surface area contributed by atoms with Crippen LogP contribution in [0.3, 0.4) is 0 Å². The van der Waals surface area contributed by atoms with E-state index in [2.05, 4.69) is 10.0 Å². The van der Waals surface area contributed by atoms with E-state index in [-0.39, 0.29) is 17.3 Å². The monoisotopic (exact) mass is 308 g/mol. The van der Waals surface area contributed by atoms with Crippen LogP contribution in [0.15, 0.2) is 53.4 Å². The molecule has 0 aliphatic rings. The lowest BCUT2D eigenvalue weighted by atomic mass is 10.2. The van der Waals surface area contributed by atoms with Gasteiger partial charge in [-0.1, -0.05) is 24.3 Å². The summed E-state index contributed by atoms with van der Waals surface area (Å²) in [5.74, 6) is -0.346. The fourth-order valence-corrected chi connectivity index (χ4v) is 2.98. The van der Waals surface area contributed by atoms with E-state index in [4.69, 9.17) is 0 Å². The van der Waals surface area contributed by atoms with Crippen LogP contribution in [0.5, 0.6) is 0 Å². The maximum atomic E-state index is 12.8. The minimum atomic E-state index is -3.58. The molecule has 21 heavy (non-hydrogen) atoms. The smallest absolute Gasteiger partial charge is 0.240 e. The largest absolute Gasteiger partial charge is 0.316 e. The molecule has 0 atom stereocenters. The minimum Gasteiger partial charge on any atom is -0.316 e. The highest BCUT2D eigenvalue weighted by molar-refractivity contribution is 7.89. The van der Waals surface area contributed by atoms with Crippen LogP contribution in [0.25, 0.3) is 0 Å². The van der Waals surface area contributed by atoms with Crippen LogP contribution in [-0.4, -0.2) is 15.5 Å². The maximum absolute atomic E-state index is 12.8. The second-order valence-corrected chi connectivity index (χ2v) is 6.40. The molecule has 0 aliphatic heterocycles. The molecule has 2 aromatic carbocycles. The molecule has 0 aliphatic carbocycles. The van der Waals surface area contributed by atoms with E-state index in [0.717, 1.165) is 5.56 Å². The average molecular weight is 308 g/mol. The number of hydrogen-bond donors (Lipinski definition) is 2. The first-order chi connectivity index (χ1) is 10.0. The van der Waals surface area contributed by atoms with Crippen LogP contribution in [0.4, 0.5) is 4.39 Å². The van der Waals surface area contributed by atoms with Crippen LogP contribution < -0.4 is 10.0 Å². The lowest BCUT2D eigenvalue weighted by Crippen LogP contribution is -2.23. The van der Waals surface area contributed by atoms with Crippen molar-refractivity contribution in [1.29, 1.82) is 0 Å². The van der Waals surface area contributed by atoms with Gasteiger partial charge in [-0.3, -0.25) is 0 Å². The molecule has 2 aromatic rings. The molecule has 0 aromatic heterocycles. The molecule has 0 heterocycles. The molecule has 2 rings (SSSR count). The van der Waals surface area contributed by atoms with Crippen molar-refractivity contribution in [2.24, 2.45) is 0 Å². The molecule has 112 valence electrons. The van der Waals surface area contributed by atoms with Gasteiger partial charge in [-0.25, -0.2) is 17.5 Å². The van der Waals surface area contributed by atoms with Crippen molar-refractivity contribution in [3.05, 3.63) is 65.5 Å². The van der Waals surface area contributed by atoms with Gasteiger partial charge in [0.1, 0.15) is 5.82 Å². The van der Waals surface area contributed by atoms with Crippen molar-refractivity contribution in [2.75, 3.05) is 7.05 Å². The first kappa shape index (κ1) is 15.6. The summed E-state index contributed by atoms with van der Waals surface area (Å²) in [6.45, 7) is 0.722. The van der Waals surface area contributed by atoms with E-state index in [9.17, 15) is 12.8 Å². The number of benzene rings is 2. The molecule has 6 heteroatoms. The van der Waals surface area contributed by atoms with Crippen molar-refractivity contribution in [2.45, 2.75) is 18.0 Å². The Morgan fingerprint density at radius 2 is 1.71 bits per heavy atom. The van der Waals surface area contributed by atoms with Crippen LogP contribution >= 0.6 is 0 Å². The van der Waals surface area contributed by atoms with E-state index in [0.29, 0.717) is 12.1 Å². The highest BCUT2D eigenvalue weighted by Crippen LogP contribution is 2.12. The second kappa shape index (κ2) is 6.80. The summed E-state index contributed by atoms with van der Waals surface area (Å²) in [7, 11) is -1.78. The zero-order chi connectivity index (χ0) is 15.3. The minimum absolute atomic E-state index is 0.124. The van der Waals surface area contributed by atoms with E-state index < -0.39 is 10.0 Å². The quantitative estimate of drug-likeness (QED) is 0.858. The zero-order valence-corrected chi connectivity index (χ0v) is 12.5. The summed E-state index contributed by atoms with van der Waals surface area (Å²) < 4.78 is 39.8. The molecular weight excluding hydrogens is 291 g/mol. The lowest BCUT2D eigenvalue weighted by molar-refractivity contribution is 0.581. The Balaban J connectivity index is 2.11. The van der Waals surface area contributed by atoms with E-state index in [1.165, 1.54) is 12.1 Å². The molecule has 0 bridgehead atoms. The average Bonchev–Trinajstić information content (AvgIpc) is 2.47. The Morgan fingerprint density at radius 1 is 1.00 bits per heavy atom. The van der Waals surface area contributed by atoms with Gasteiger partial charge in [0.2, 0.25) is 10.0 Å². The molecule has 2 N–H and O–H groups in total. The van der Waals surface area contributed by atoms with Gasteiger partial charge in [-0.05, 0) is 42.4 Å². The van der Waals surface area contributed by atoms with Crippen molar-refractivity contribution >= 4 is 10.0 Å². The van der Waals surface area contributed by atoms with E-state index >= 15 is 0 Å². The van der Waals surface area contributed by atoms with E-state index in [1.807, 2.05) is 6.07 Å². The summed E-state index contributed by atoms with van der Waals surface area (Å²) in [6.07, 6.45) is 0. The zero-order valence-electron chi connectivity index (χ0n) is 11.6. The first-order valence-corrected chi connectivity index (χ1v) is 7.97. The Morgan fingerprint density at radius 3 is 2.38 bits per heavy atom. The first-order valence-electron chi connectivity index (χ1n) is 6.49. The third-order valence-corrected chi connectivity index (χ3v) is 4.37. The van der Waals surface area contributed by atoms with Gasteiger partial charge in [-0.15, -0.1) is 0 Å².